The first-order valence-electron chi connectivity index (χ1n) is 12.6. The molecule has 2 heterocycles. The van der Waals surface area contributed by atoms with E-state index in [1.165, 1.54) is 22.5 Å². The number of nitrogens with zero attached hydrogens (tertiary/aromatic N) is 1. The summed E-state index contributed by atoms with van der Waals surface area (Å²) in [5.74, 6) is 0. The van der Waals surface area contributed by atoms with E-state index < -0.39 is 7.14 Å². The Morgan fingerprint density at radius 2 is 1.19 bits per heavy atom. The molecule has 0 bridgehead atoms. The van der Waals surface area contributed by atoms with E-state index >= 15 is 4.57 Å². The number of para-hydroxylation sites is 2. The molecule has 0 radical (unpaired) electrons. The predicted molar refractivity (Wildman–Crippen MR) is 157 cm³/mol. The van der Waals surface area contributed by atoms with E-state index in [2.05, 4.69) is 91.5 Å². The molecule has 0 fully saturated rings. The van der Waals surface area contributed by atoms with Crippen molar-refractivity contribution in [2.24, 2.45) is 0 Å². The van der Waals surface area contributed by atoms with Crippen LogP contribution in [0.2, 0.25) is 0 Å². The third kappa shape index (κ3) is 3.24. The van der Waals surface area contributed by atoms with Crippen LogP contribution in [0.3, 0.4) is 0 Å². The van der Waals surface area contributed by atoms with Crippen molar-refractivity contribution >= 4 is 51.9 Å². The van der Waals surface area contributed by atoms with Gasteiger partial charge in [-0.3, -0.25) is 0 Å². The Labute approximate surface area is 222 Å². The van der Waals surface area contributed by atoms with Gasteiger partial charge in [0.05, 0.1) is 11.4 Å². The molecule has 37 heavy (non-hydrogen) atoms. The molecule has 2 aliphatic rings. The number of fused-ring (bicyclic) bond motifs is 4. The monoisotopic (exact) mass is 515 g/mol. The lowest BCUT2D eigenvalue weighted by molar-refractivity contribution is 0.591. The quantitative estimate of drug-likeness (QED) is 0.219. The molecule has 4 heteroatoms. The third-order valence-electron chi connectivity index (χ3n) is 7.72. The number of hydrogen-bond donors (Lipinski definition) is 0. The van der Waals surface area contributed by atoms with Crippen LogP contribution in [0.1, 0.15) is 25.0 Å². The smallest absolute Gasteiger partial charge is 0.173 e. The van der Waals surface area contributed by atoms with Gasteiger partial charge in [0.25, 0.3) is 0 Å². The molecule has 0 aromatic heterocycles. The van der Waals surface area contributed by atoms with E-state index in [0.29, 0.717) is 0 Å². The van der Waals surface area contributed by atoms with Crippen LogP contribution in [0.5, 0.6) is 0 Å². The van der Waals surface area contributed by atoms with Gasteiger partial charge in [0.2, 0.25) is 0 Å². The van der Waals surface area contributed by atoms with Crippen molar-refractivity contribution in [2.45, 2.75) is 29.1 Å². The number of anilines is 3. The Morgan fingerprint density at radius 1 is 0.622 bits per heavy atom. The van der Waals surface area contributed by atoms with Crippen LogP contribution >= 0.6 is 18.9 Å². The van der Waals surface area contributed by atoms with Crippen LogP contribution in [0.25, 0.3) is 0 Å². The van der Waals surface area contributed by atoms with Crippen molar-refractivity contribution in [2.75, 3.05) is 4.90 Å². The van der Waals surface area contributed by atoms with Gasteiger partial charge in [-0.2, -0.15) is 0 Å². The topological polar surface area (TPSA) is 20.3 Å². The maximum atomic E-state index is 15.0. The lowest BCUT2D eigenvalue weighted by Crippen LogP contribution is -2.32. The highest BCUT2D eigenvalue weighted by atomic mass is 32.2. The highest BCUT2D eigenvalue weighted by molar-refractivity contribution is 8.02. The molecule has 0 saturated heterocycles. The minimum absolute atomic E-state index is 0.103. The average molecular weight is 516 g/mol. The Bertz CT molecular complexity index is 1680. The second-order valence-electron chi connectivity index (χ2n) is 10.2. The summed E-state index contributed by atoms with van der Waals surface area (Å²) in [5, 5.41) is 2.74. The number of rotatable bonds is 2. The van der Waals surface area contributed by atoms with Gasteiger partial charge in [-0.05, 0) is 53.6 Å². The van der Waals surface area contributed by atoms with Crippen molar-refractivity contribution in [1.29, 1.82) is 0 Å². The number of benzene rings is 5. The second-order valence-corrected chi connectivity index (χ2v) is 13.9. The highest BCUT2D eigenvalue weighted by Gasteiger charge is 2.40. The SMILES string of the molecule is CC1(C)c2ccccc2N(c2ccc3c(c2)Sc2ccccc2P3(=O)c2ccccc2)c2ccccc21. The first kappa shape index (κ1) is 22.7. The fraction of sp³-hybridized carbons (Fsp3) is 0.0909. The van der Waals surface area contributed by atoms with E-state index in [0.717, 1.165) is 31.4 Å². The van der Waals surface area contributed by atoms with Gasteiger partial charge in [0.15, 0.2) is 7.14 Å². The standard InChI is InChI=1S/C33H26NOPS/c1-33(2)25-14-6-8-16-27(25)34(28-17-9-7-15-26(28)33)23-20-21-30-32(22-23)37-31-19-11-10-18-29(31)36(30,35)24-12-4-3-5-13-24/h3-22H,1-2H3. The summed E-state index contributed by atoms with van der Waals surface area (Å²) in [7, 11) is -3.00. The summed E-state index contributed by atoms with van der Waals surface area (Å²) in [6, 6.07) is 42.0. The normalized spacial score (nSPS) is 18.8. The zero-order valence-electron chi connectivity index (χ0n) is 20.8. The van der Waals surface area contributed by atoms with Crippen LogP contribution in [-0.4, -0.2) is 0 Å². The van der Waals surface area contributed by atoms with Crippen molar-refractivity contribution in [3.8, 4) is 0 Å². The highest BCUT2D eigenvalue weighted by Crippen LogP contribution is 2.55. The molecule has 0 amide bonds. The van der Waals surface area contributed by atoms with Crippen molar-refractivity contribution in [3.05, 3.63) is 132 Å². The molecule has 7 rings (SSSR count). The van der Waals surface area contributed by atoms with E-state index in [9.17, 15) is 0 Å². The molecule has 2 aliphatic heterocycles. The maximum Gasteiger partial charge on any atom is 0.173 e. The minimum atomic E-state index is -3.00. The van der Waals surface area contributed by atoms with E-state index in [4.69, 9.17) is 0 Å². The summed E-state index contributed by atoms with van der Waals surface area (Å²) < 4.78 is 15.0. The summed E-state index contributed by atoms with van der Waals surface area (Å²) in [4.78, 5) is 4.49. The number of hydrogen-bond acceptors (Lipinski definition) is 3. The third-order valence-corrected chi connectivity index (χ3v) is 12.3. The molecule has 180 valence electrons. The van der Waals surface area contributed by atoms with Gasteiger partial charge < -0.3 is 9.46 Å². The molecule has 0 saturated carbocycles. The van der Waals surface area contributed by atoms with E-state index in [-0.39, 0.29) is 5.41 Å². The van der Waals surface area contributed by atoms with Crippen molar-refractivity contribution < 1.29 is 4.57 Å². The first-order chi connectivity index (χ1) is 18.0. The molecule has 0 aliphatic carbocycles. The molecular formula is C33H26NOPS. The average Bonchev–Trinajstić information content (AvgIpc) is 2.94. The van der Waals surface area contributed by atoms with Crippen molar-refractivity contribution in [3.63, 3.8) is 0 Å². The van der Waals surface area contributed by atoms with Gasteiger partial charge in [-0.25, -0.2) is 0 Å². The van der Waals surface area contributed by atoms with E-state index in [1.54, 1.807) is 11.8 Å². The van der Waals surface area contributed by atoms with Gasteiger partial charge in [-0.15, -0.1) is 0 Å². The van der Waals surface area contributed by atoms with Crippen LogP contribution in [0.4, 0.5) is 17.1 Å². The molecule has 1 atom stereocenters. The second kappa shape index (κ2) is 8.25. The molecule has 0 spiro atoms. The van der Waals surface area contributed by atoms with Gasteiger partial charge in [0.1, 0.15) is 0 Å². The zero-order valence-corrected chi connectivity index (χ0v) is 22.5. The molecule has 0 N–H and O–H groups in total. The Morgan fingerprint density at radius 3 is 1.89 bits per heavy atom. The first-order valence-corrected chi connectivity index (χ1v) is 15.1. The summed E-state index contributed by atoms with van der Waals surface area (Å²) >= 11 is 1.72. The van der Waals surface area contributed by atoms with Crippen LogP contribution in [-0.2, 0) is 9.98 Å². The Hall–Kier alpha value is -3.52. The summed E-state index contributed by atoms with van der Waals surface area (Å²) in [6.07, 6.45) is 0. The lowest BCUT2D eigenvalue weighted by Gasteiger charge is -2.42. The van der Waals surface area contributed by atoms with Gasteiger partial charge in [0, 0.05) is 36.8 Å². The molecule has 5 aromatic rings. The van der Waals surface area contributed by atoms with E-state index in [1.807, 2.05) is 48.5 Å². The van der Waals surface area contributed by atoms with Crippen LogP contribution in [0, 0.1) is 0 Å². The fourth-order valence-corrected chi connectivity index (χ4v) is 10.6. The summed E-state index contributed by atoms with van der Waals surface area (Å²) in [5.41, 5.74) is 5.98. The lowest BCUT2D eigenvalue weighted by atomic mass is 9.73. The van der Waals surface area contributed by atoms with Gasteiger partial charge in [-0.1, -0.05) is 104 Å². The van der Waals surface area contributed by atoms with Gasteiger partial charge >= 0.3 is 0 Å². The largest absolute Gasteiger partial charge is 0.310 e. The molecular weight excluding hydrogens is 489 g/mol. The molecule has 1 unspecified atom stereocenters. The fourth-order valence-electron chi connectivity index (χ4n) is 5.90. The van der Waals surface area contributed by atoms with Crippen LogP contribution in [0.15, 0.2) is 131 Å². The predicted octanol–water partition coefficient (Wildman–Crippen LogP) is 7.90. The Kier molecular flexibility index (Phi) is 5.05. The summed E-state index contributed by atoms with van der Waals surface area (Å²) in [6.45, 7) is 4.61. The van der Waals surface area contributed by atoms with Crippen LogP contribution < -0.4 is 20.8 Å². The van der Waals surface area contributed by atoms with Crippen molar-refractivity contribution in [1.82, 2.24) is 0 Å². The minimum Gasteiger partial charge on any atom is -0.310 e. The Balaban J connectivity index is 1.46. The molecule has 2 nitrogen and oxygen atoms in total. The maximum absolute atomic E-state index is 15.0. The zero-order chi connectivity index (χ0) is 25.2. The molecule has 5 aromatic carbocycles.